The van der Waals surface area contributed by atoms with E-state index < -0.39 is 12.0 Å². The first-order valence-corrected chi connectivity index (χ1v) is 9.98. The van der Waals surface area contributed by atoms with Gasteiger partial charge in [-0.1, -0.05) is 24.8 Å². The minimum absolute atomic E-state index is 0.422. The van der Waals surface area contributed by atoms with Gasteiger partial charge in [-0.05, 0) is 37.3 Å². The Balaban J connectivity index is 2.17. The number of thioether (sulfide) groups is 1. The highest BCUT2D eigenvalue weighted by Crippen LogP contribution is 2.39. The van der Waals surface area contributed by atoms with Crippen LogP contribution in [-0.4, -0.2) is 47.3 Å². The molecule has 3 rings (SSSR count). The van der Waals surface area contributed by atoms with Crippen molar-refractivity contribution in [3.8, 4) is 11.5 Å². The number of rotatable bonds is 7. The van der Waals surface area contributed by atoms with Crippen molar-refractivity contribution in [2.24, 2.45) is 0 Å². The Bertz CT molecular complexity index is 909. The van der Waals surface area contributed by atoms with Gasteiger partial charge in [0.25, 0.3) is 0 Å². The predicted octanol–water partition coefficient (Wildman–Crippen LogP) is 3.26. The standard InChI is InChI=1S/C19H24N4O4S/c1-6-27-14-10-12(8-9-13(14)25-4)16-15(17(24)26-5)11(3)20-18-21-19(28-7-2)22-23(16)18/h8-10,16H,6-7H2,1-5H3,(H,20,21,22). The van der Waals surface area contributed by atoms with Crippen molar-refractivity contribution in [1.82, 2.24) is 14.8 Å². The zero-order valence-electron chi connectivity index (χ0n) is 16.6. The molecule has 0 amide bonds. The van der Waals surface area contributed by atoms with Gasteiger partial charge in [-0.15, -0.1) is 5.10 Å². The average molecular weight is 404 g/mol. The van der Waals surface area contributed by atoms with Crippen LogP contribution in [0.5, 0.6) is 11.5 Å². The minimum Gasteiger partial charge on any atom is -0.493 e. The number of ether oxygens (including phenoxy) is 3. The fourth-order valence-corrected chi connectivity index (χ4v) is 3.69. The molecule has 1 atom stereocenters. The van der Waals surface area contributed by atoms with E-state index in [2.05, 4.69) is 15.4 Å². The van der Waals surface area contributed by atoms with Crippen molar-refractivity contribution in [2.45, 2.75) is 32.0 Å². The summed E-state index contributed by atoms with van der Waals surface area (Å²) in [6.45, 7) is 6.27. The number of carbonyl (C=O) groups excluding carboxylic acids is 1. The van der Waals surface area contributed by atoms with Gasteiger partial charge in [-0.3, -0.25) is 0 Å². The molecule has 9 heteroatoms. The summed E-state index contributed by atoms with van der Waals surface area (Å²) >= 11 is 1.54. The summed E-state index contributed by atoms with van der Waals surface area (Å²) < 4.78 is 17.9. The summed E-state index contributed by atoms with van der Waals surface area (Å²) in [6, 6.07) is 5.09. The van der Waals surface area contributed by atoms with Crippen LogP contribution in [0, 0.1) is 0 Å². The molecule has 0 bridgehead atoms. The molecule has 1 aromatic carbocycles. The van der Waals surface area contributed by atoms with Crippen molar-refractivity contribution >= 4 is 23.7 Å². The number of hydrogen-bond donors (Lipinski definition) is 1. The van der Waals surface area contributed by atoms with E-state index in [1.54, 1.807) is 11.8 Å². The first kappa shape index (κ1) is 20.1. The molecule has 2 aromatic rings. The lowest BCUT2D eigenvalue weighted by Crippen LogP contribution is -2.29. The fraction of sp³-hybridized carbons (Fsp3) is 0.421. The van der Waals surface area contributed by atoms with Crippen LogP contribution in [0.25, 0.3) is 0 Å². The van der Waals surface area contributed by atoms with Crippen molar-refractivity contribution in [3.63, 3.8) is 0 Å². The topological polar surface area (TPSA) is 87.5 Å². The Labute approximate surface area is 168 Å². The van der Waals surface area contributed by atoms with Crippen LogP contribution in [0.1, 0.15) is 32.4 Å². The van der Waals surface area contributed by atoms with E-state index in [9.17, 15) is 4.79 Å². The van der Waals surface area contributed by atoms with Crippen molar-refractivity contribution < 1.29 is 19.0 Å². The lowest BCUT2D eigenvalue weighted by Gasteiger charge is -2.28. The summed E-state index contributed by atoms with van der Waals surface area (Å²) in [5.41, 5.74) is 1.98. The van der Waals surface area contributed by atoms with Gasteiger partial charge in [0.1, 0.15) is 6.04 Å². The Morgan fingerprint density at radius 1 is 1.29 bits per heavy atom. The molecule has 0 saturated carbocycles. The number of benzene rings is 1. The first-order valence-electron chi connectivity index (χ1n) is 9.00. The second kappa shape index (κ2) is 8.55. The number of hydrogen-bond acceptors (Lipinski definition) is 8. The van der Waals surface area contributed by atoms with Crippen molar-refractivity contribution in [1.29, 1.82) is 0 Å². The first-order chi connectivity index (χ1) is 13.5. The molecule has 0 fully saturated rings. The number of aromatic nitrogens is 3. The molecule has 1 aromatic heterocycles. The third-order valence-corrected chi connectivity index (χ3v) is 5.03. The number of methoxy groups -OCH3 is 2. The molecular weight excluding hydrogens is 380 g/mol. The Kier molecular flexibility index (Phi) is 6.13. The lowest BCUT2D eigenvalue weighted by molar-refractivity contribution is -0.136. The normalized spacial score (nSPS) is 15.7. The molecule has 28 heavy (non-hydrogen) atoms. The highest BCUT2D eigenvalue weighted by molar-refractivity contribution is 7.99. The van der Waals surface area contributed by atoms with Gasteiger partial charge in [0, 0.05) is 5.70 Å². The molecule has 0 saturated heterocycles. The molecular formula is C19H24N4O4S. The van der Waals surface area contributed by atoms with E-state index in [0.29, 0.717) is 40.5 Å². The van der Waals surface area contributed by atoms with Crippen LogP contribution < -0.4 is 14.8 Å². The Morgan fingerprint density at radius 2 is 2.07 bits per heavy atom. The second-order valence-corrected chi connectivity index (χ2v) is 7.23. The average Bonchev–Trinajstić information content (AvgIpc) is 3.08. The maximum absolute atomic E-state index is 12.6. The highest BCUT2D eigenvalue weighted by atomic mass is 32.2. The molecule has 8 nitrogen and oxygen atoms in total. The van der Waals surface area contributed by atoms with Crippen LogP contribution in [0.3, 0.4) is 0 Å². The second-order valence-electron chi connectivity index (χ2n) is 6.00. The molecule has 0 aliphatic carbocycles. The van der Waals surface area contributed by atoms with Crippen LogP contribution in [0.2, 0.25) is 0 Å². The van der Waals surface area contributed by atoms with E-state index in [1.807, 2.05) is 39.0 Å². The minimum atomic E-state index is -0.493. The SMILES string of the molecule is CCOc1cc(C2C(C(=O)OC)=C(C)Nc3nc(SCC)nn32)ccc1OC. The molecule has 1 aliphatic rings. The number of nitrogens with zero attached hydrogens (tertiary/aromatic N) is 3. The molecule has 1 unspecified atom stereocenters. The number of esters is 1. The molecule has 150 valence electrons. The molecule has 0 radical (unpaired) electrons. The van der Waals surface area contributed by atoms with E-state index >= 15 is 0 Å². The smallest absolute Gasteiger partial charge is 0.338 e. The van der Waals surface area contributed by atoms with Gasteiger partial charge in [0.2, 0.25) is 11.1 Å². The van der Waals surface area contributed by atoms with Crippen LogP contribution in [0.4, 0.5) is 5.95 Å². The van der Waals surface area contributed by atoms with Crippen LogP contribution in [-0.2, 0) is 9.53 Å². The number of allylic oxidation sites excluding steroid dienone is 1. The number of nitrogens with one attached hydrogen (secondary N) is 1. The predicted molar refractivity (Wildman–Crippen MR) is 107 cm³/mol. The van der Waals surface area contributed by atoms with Crippen LogP contribution >= 0.6 is 11.8 Å². The van der Waals surface area contributed by atoms with Gasteiger partial charge in [0.15, 0.2) is 11.5 Å². The van der Waals surface area contributed by atoms with Crippen LogP contribution in [0.15, 0.2) is 34.6 Å². The largest absolute Gasteiger partial charge is 0.493 e. The third-order valence-electron chi connectivity index (χ3n) is 4.32. The summed E-state index contributed by atoms with van der Waals surface area (Å²) in [4.78, 5) is 17.1. The summed E-state index contributed by atoms with van der Waals surface area (Å²) in [6.07, 6.45) is 0. The molecule has 2 heterocycles. The highest BCUT2D eigenvalue weighted by Gasteiger charge is 2.35. The quantitative estimate of drug-likeness (QED) is 0.556. The lowest BCUT2D eigenvalue weighted by atomic mass is 9.95. The van der Waals surface area contributed by atoms with E-state index in [4.69, 9.17) is 14.2 Å². The molecule has 1 N–H and O–H groups in total. The maximum atomic E-state index is 12.6. The molecule has 0 spiro atoms. The van der Waals surface area contributed by atoms with Gasteiger partial charge >= 0.3 is 5.97 Å². The molecule has 1 aliphatic heterocycles. The fourth-order valence-electron chi connectivity index (χ4n) is 3.14. The van der Waals surface area contributed by atoms with Gasteiger partial charge in [-0.25, -0.2) is 9.48 Å². The van der Waals surface area contributed by atoms with Gasteiger partial charge in [0.05, 0.1) is 26.4 Å². The third kappa shape index (κ3) is 3.66. The Hall–Kier alpha value is -2.68. The summed E-state index contributed by atoms with van der Waals surface area (Å²) in [5, 5.41) is 8.42. The number of carbonyl (C=O) groups is 1. The van der Waals surface area contributed by atoms with Crippen molar-refractivity contribution in [3.05, 3.63) is 35.0 Å². The van der Waals surface area contributed by atoms with E-state index in [1.165, 1.54) is 18.9 Å². The monoisotopic (exact) mass is 404 g/mol. The maximum Gasteiger partial charge on any atom is 0.338 e. The van der Waals surface area contributed by atoms with Gasteiger partial charge in [-0.2, -0.15) is 4.98 Å². The zero-order valence-corrected chi connectivity index (χ0v) is 17.4. The number of fused-ring (bicyclic) bond motifs is 1. The summed E-state index contributed by atoms with van der Waals surface area (Å²) in [7, 11) is 2.96. The van der Waals surface area contributed by atoms with Gasteiger partial charge < -0.3 is 19.5 Å². The number of anilines is 1. The van der Waals surface area contributed by atoms with E-state index in [-0.39, 0.29) is 0 Å². The zero-order chi connectivity index (χ0) is 20.3. The Morgan fingerprint density at radius 3 is 2.71 bits per heavy atom. The van der Waals surface area contributed by atoms with Crippen molar-refractivity contribution in [2.75, 3.05) is 31.9 Å². The summed E-state index contributed by atoms with van der Waals surface area (Å²) in [5.74, 6) is 2.24. The van der Waals surface area contributed by atoms with E-state index in [0.717, 1.165) is 11.3 Å².